The van der Waals surface area contributed by atoms with Gasteiger partial charge in [0.1, 0.15) is 35.7 Å². The Bertz CT molecular complexity index is 984. The Kier molecular flexibility index (Phi) is 6.56. The number of methoxy groups -OCH3 is 2. The molecule has 0 saturated heterocycles. The van der Waals surface area contributed by atoms with Crippen LogP contribution in [0.1, 0.15) is 31.9 Å². The van der Waals surface area contributed by atoms with Gasteiger partial charge in [-0.25, -0.2) is 9.69 Å². The quantitative estimate of drug-likeness (QED) is 0.753. The van der Waals surface area contributed by atoms with Crippen LogP contribution in [0.4, 0.5) is 4.79 Å². The predicted octanol–water partition coefficient (Wildman–Crippen LogP) is 4.63. The number of carbonyl (C=O) groups excluding carboxylic acids is 1. The second-order valence-electron chi connectivity index (χ2n) is 7.82. The fourth-order valence-electron chi connectivity index (χ4n) is 3.09. The first-order chi connectivity index (χ1) is 14.8. The van der Waals surface area contributed by atoms with Crippen LogP contribution < -0.4 is 9.47 Å². The summed E-state index contributed by atoms with van der Waals surface area (Å²) < 4.78 is 21.9. The molecule has 164 valence electrons. The van der Waals surface area contributed by atoms with Gasteiger partial charge < -0.3 is 24.1 Å². The molecular formula is C24H27NO6. The molecule has 1 heterocycles. The number of aliphatic hydroxyl groups is 1. The highest BCUT2D eigenvalue weighted by molar-refractivity contribution is 5.95. The van der Waals surface area contributed by atoms with E-state index in [-0.39, 0.29) is 5.76 Å². The standard InChI is InChI=1S/C24H27NO6/c1-24(2,3)31-23(27)25-20(16-6-10-18(28-4)11-7-16)15-30-21(14-26)22(25)17-8-12-19(29-5)13-9-17/h6-13,15,26H,14H2,1-5H3. The minimum atomic E-state index is -0.717. The third kappa shape index (κ3) is 5.00. The molecule has 2 aromatic carbocycles. The number of amides is 1. The van der Waals surface area contributed by atoms with Crippen LogP contribution in [0.3, 0.4) is 0 Å². The average Bonchev–Trinajstić information content (AvgIpc) is 2.77. The summed E-state index contributed by atoms with van der Waals surface area (Å²) in [6.07, 6.45) is 0.847. The van der Waals surface area contributed by atoms with Crippen LogP contribution in [0.25, 0.3) is 11.4 Å². The van der Waals surface area contributed by atoms with E-state index in [9.17, 15) is 9.90 Å². The van der Waals surface area contributed by atoms with Crippen LogP contribution in [0.5, 0.6) is 11.5 Å². The van der Waals surface area contributed by atoms with Gasteiger partial charge in [0.05, 0.1) is 19.9 Å². The van der Waals surface area contributed by atoms with Gasteiger partial charge in [0.15, 0.2) is 5.76 Å². The maximum atomic E-state index is 13.3. The van der Waals surface area contributed by atoms with Crippen molar-refractivity contribution in [3.63, 3.8) is 0 Å². The number of benzene rings is 2. The average molecular weight is 425 g/mol. The summed E-state index contributed by atoms with van der Waals surface area (Å²) in [4.78, 5) is 14.8. The van der Waals surface area contributed by atoms with Gasteiger partial charge in [-0.15, -0.1) is 0 Å². The van der Waals surface area contributed by atoms with Crippen molar-refractivity contribution in [2.24, 2.45) is 0 Å². The third-order valence-electron chi connectivity index (χ3n) is 4.51. The Morgan fingerprint density at radius 3 is 1.90 bits per heavy atom. The molecule has 1 N–H and O–H groups in total. The SMILES string of the molecule is COc1ccc(C2=COC(CO)=C(c3ccc(OC)cc3)N2C(=O)OC(C)(C)C)cc1. The second-order valence-corrected chi connectivity index (χ2v) is 7.82. The van der Waals surface area contributed by atoms with Crippen LogP contribution in [0, 0.1) is 0 Å². The summed E-state index contributed by atoms with van der Waals surface area (Å²) in [6.45, 7) is 5.00. The molecule has 0 fully saturated rings. The zero-order valence-corrected chi connectivity index (χ0v) is 18.3. The van der Waals surface area contributed by atoms with Crippen molar-refractivity contribution in [2.75, 3.05) is 20.8 Å². The minimum Gasteiger partial charge on any atom is -0.497 e. The molecule has 7 heteroatoms. The van der Waals surface area contributed by atoms with E-state index in [4.69, 9.17) is 18.9 Å². The van der Waals surface area contributed by atoms with Gasteiger partial charge in [0, 0.05) is 11.1 Å². The predicted molar refractivity (Wildman–Crippen MR) is 117 cm³/mol. The van der Waals surface area contributed by atoms with Crippen molar-refractivity contribution in [3.8, 4) is 11.5 Å². The Labute approximate surface area is 182 Å². The molecule has 0 saturated carbocycles. The lowest BCUT2D eigenvalue weighted by Crippen LogP contribution is -2.37. The zero-order valence-electron chi connectivity index (χ0n) is 18.3. The molecule has 7 nitrogen and oxygen atoms in total. The largest absolute Gasteiger partial charge is 0.497 e. The van der Waals surface area contributed by atoms with E-state index < -0.39 is 18.3 Å². The molecule has 0 aliphatic carbocycles. The first-order valence-electron chi connectivity index (χ1n) is 9.80. The number of aliphatic hydroxyl groups excluding tert-OH is 1. The van der Waals surface area contributed by atoms with Crippen molar-refractivity contribution in [1.29, 1.82) is 0 Å². The minimum absolute atomic E-state index is 0.230. The molecular weight excluding hydrogens is 398 g/mol. The third-order valence-corrected chi connectivity index (χ3v) is 4.51. The molecule has 1 aliphatic rings. The molecule has 0 atom stereocenters. The zero-order chi connectivity index (χ0) is 22.6. The molecule has 0 unspecified atom stereocenters. The Hall–Kier alpha value is -3.45. The van der Waals surface area contributed by atoms with E-state index >= 15 is 0 Å². The number of ether oxygens (including phenoxy) is 4. The number of rotatable bonds is 5. The highest BCUT2D eigenvalue weighted by atomic mass is 16.6. The number of hydrogen-bond acceptors (Lipinski definition) is 6. The molecule has 31 heavy (non-hydrogen) atoms. The molecule has 1 amide bonds. The van der Waals surface area contributed by atoms with E-state index in [1.807, 2.05) is 12.1 Å². The lowest BCUT2D eigenvalue weighted by atomic mass is 10.0. The van der Waals surface area contributed by atoms with Crippen LogP contribution >= 0.6 is 0 Å². The maximum Gasteiger partial charge on any atom is 0.419 e. The van der Waals surface area contributed by atoms with Gasteiger partial charge in [-0.1, -0.05) is 0 Å². The smallest absolute Gasteiger partial charge is 0.419 e. The molecule has 0 bridgehead atoms. The first kappa shape index (κ1) is 22.2. The number of hydrogen-bond donors (Lipinski definition) is 1. The van der Waals surface area contributed by atoms with Crippen molar-refractivity contribution in [2.45, 2.75) is 26.4 Å². The monoisotopic (exact) mass is 425 g/mol. The van der Waals surface area contributed by atoms with Crippen LogP contribution in [0.15, 0.2) is 60.6 Å². The molecule has 3 rings (SSSR count). The van der Waals surface area contributed by atoms with Crippen molar-refractivity contribution >= 4 is 17.5 Å². The van der Waals surface area contributed by atoms with E-state index in [2.05, 4.69) is 0 Å². The summed E-state index contributed by atoms with van der Waals surface area (Å²) in [6, 6.07) is 14.4. The fraction of sp³-hybridized carbons (Fsp3) is 0.292. The highest BCUT2D eigenvalue weighted by Gasteiger charge is 2.34. The van der Waals surface area contributed by atoms with Gasteiger partial charge in [-0.3, -0.25) is 0 Å². The topological polar surface area (TPSA) is 77.5 Å². The Morgan fingerprint density at radius 1 is 0.935 bits per heavy atom. The lowest BCUT2D eigenvalue weighted by Gasteiger charge is -2.34. The summed E-state index contributed by atoms with van der Waals surface area (Å²) >= 11 is 0. The number of nitrogens with zero attached hydrogens (tertiary/aromatic N) is 1. The van der Waals surface area contributed by atoms with Crippen LogP contribution in [-0.4, -0.2) is 42.5 Å². The highest BCUT2D eigenvalue weighted by Crippen LogP contribution is 2.38. The second kappa shape index (κ2) is 9.14. The summed E-state index contributed by atoms with van der Waals surface area (Å²) in [5.74, 6) is 1.58. The van der Waals surface area contributed by atoms with Gasteiger partial charge in [0.2, 0.25) is 0 Å². The van der Waals surface area contributed by atoms with E-state index in [1.54, 1.807) is 71.4 Å². The van der Waals surface area contributed by atoms with Crippen molar-refractivity contribution < 1.29 is 28.8 Å². The molecule has 0 aromatic heterocycles. The van der Waals surface area contributed by atoms with E-state index in [1.165, 1.54) is 11.2 Å². The van der Waals surface area contributed by atoms with Gasteiger partial charge in [-0.2, -0.15) is 0 Å². The van der Waals surface area contributed by atoms with E-state index in [0.717, 1.165) is 5.56 Å². The Morgan fingerprint density at radius 2 is 1.45 bits per heavy atom. The fourth-order valence-corrected chi connectivity index (χ4v) is 3.09. The maximum absolute atomic E-state index is 13.3. The Balaban J connectivity index is 2.13. The van der Waals surface area contributed by atoms with Gasteiger partial charge in [-0.05, 0) is 69.3 Å². The van der Waals surface area contributed by atoms with Crippen LogP contribution in [0.2, 0.25) is 0 Å². The first-order valence-corrected chi connectivity index (χ1v) is 9.80. The van der Waals surface area contributed by atoms with E-state index in [0.29, 0.717) is 28.5 Å². The molecule has 1 aliphatic heterocycles. The summed E-state index contributed by atoms with van der Waals surface area (Å²) in [5, 5.41) is 9.95. The molecule has 2 aromatic rings. The molecule has 0 radical (unpaired) electrons. The van der Waals surface area contributed by atoms with Gasteiger partial charge in [0.25, 0.3) is 0 Å². The van der Waals surface area contributed by atoms with Gasteiger partial charge >= 0.3 is 6.09 Å². The number of carbonyl (C=O) groups is 1. The summed E-state index contributed by atoms with van der Waals surface area (Å²) in [5.41, 5.74) is 1.53. The van der Waals surface area contributed by atoms with Crippen LogP contribution in [-0.2, 0) is 9.47 Å². The van der Waals surface area contributed by atoms with Crippen molar-refractivity contribution in [1.82, 2.24) is 4.90 Å². The molecule has 0 spiro atoms. The summed E-state index contributed by atoms with van der Waals surface area (Å²) in [7, 11) is 3.16. The van der Waals surface area contributed by atoms with Crippen molar-refractivity contribution in [3.05, 3.63) is 71.7 Å². The normalized spacial score (nSPS) is 14.0. The lowest BCUT2D eigenvalue weighted by molar-refractivity contribution is 0.0412.